The first-order valence-electron chi connectivity index (χ1n) is 7.69. The fraction of sp³-hybridized carbons (Fsp3) is 0.263. The van der Waals surface area contributed by atoms with Gasteiger partial charge in [-0.25, -0.2) is 4.79 Å². The summed E-state index contributed by atoms with van der Waals surface area (Å²) in [5, 5.41) is 0. The van der Waals surface area contributed by atoms with Crippen molar-refractivity contribution in [2.75, 3.05) is 0 Å². The van der Waals surface area contributed by atoms with Crippen molar-refractivity contribution in [3.05, 3.63) is 71.6 Å². The first kappa shape index (κ1) is 16.0. The van der Waals surface area contributed by atoms with Gasteiger partial charge in [-0.2, -0.15) is 4.99 Å². The Morgan fingerprint density at radius 1 is 1.23 bits per heavy atom. The Kier molecular flexibility index (Phi) is 5.48. The first-order chi connectivity index (χ1) is 10.7. The van der Waals surface area contributed by atoms with Crippen molar-refractivity contribution in [1.29, 1.82) is 0 Å². The van der Waals surface area contributed by atoms with E-state index in [0.29, 0.717) is 0 Å². The summed E-state index contributed by atoms with van der Waals surface area (Å²) in [4.78, 5) is 18.4. The van der Waals surface area contributed by atoms with E-state index in [1.165, 1.54) is 0 Å². The van der Waals surface area contributed by atoms with Gasteiger partial charge in [-0.15, -0.1) is 0 Å². The fourth-order valence-corrected chi connectivity index (χ4v) is 2.40. The molecule has 0 bridgehead atoms. The number of benzene rings is 1. The zero-order valence-corrected chi connectivity index (χ0v) is 13.4. The molecule has 22 heavy (non-hydrogen) atoms. The zero-order chi connectivity index (χ0) is 15.9. The van der Waals surface area contributed by atoms with Gasteiger partial charge < -0.3 is 0 Å². The van der Waals surface area contributed by atoms with E-state index in [1.54, 1.807) is 11.1 Å². The van der Waals surface area contributed by atoms with Crippen LogP contribution in [0.15, 0.2) is 71.0 Å². The van der Waals surface area contributed by atoms with Gasteiger partial charge in [0.05, 0.1) is 5.71 Å². The Bertz CT molecular complexity index is 651. The Balaban J connectivity index is 2.27. The molecular weight excluding hydrogens is 272 g/mol. The first-order valence-corrected chi connectivity index (χ1v) is 7.69. The van der Waals surface area contributed by atoms with Gasteiger partial charge in [0.1, 0.15) is 0 Å². The van der Waals surface area contributed by atoms with E-state index < -0.39 is 0 Å². The summed E-state index contributed by atoms with van der Waals surface area (Å²) in [5.41, 5.74) is 3.79. The summed E-state index contributed by atoms with van der Waals surface area (Å²) < 4.78 is 0. The molecule has 3 heteroatoms. The molecule has 114 valence electrons. The van der Waals surface area contributed by atoms with Gasteiger partial charge in [0.15, 0.2) is 0 Å². The Morgan fingerprint density at radius 2 is 1.95 bits per heavy atom. The topological polar surface area (TPSA) is 32.7 Å². The molecule has 0 fully saturated rings. The molecule has 3 nitrogen and oxygen atoms in total. The number of hydrogen-bond acceptors (Lipinski definition) is 1. The molecule has 0 N–H and O–H groups in total. The zero-order valence-electron chi connectivity index (χ0n) is 13.4. The van der Waals surface area contributed by atoms with Gasteiger partial charge in [0, 0.05) is 11.9 Å². The monoisotopic (exact) mass is 294 g/mol. The van der Waals surface area contributed by atoms with Crippen LogP contribution in [-0.2, 0) is 0 Å². The van der Waals surface area contributed by atoms with Gasteiger partial charge >= 0.3 is 6.03 Å². The minimum absolute atomic E-state index is 0.253. The lowest BCUT2D eigenvalue weighted by molar-refractivity contribution is 0.233. The van der Waals surface area contributed by atoms with Gasteiger partial charge in [0.25, 0.3) is 0 Å². The maximum atomic E-state index is 12.5. The van der Waals surface area contributed by atoms with Crippen molar-refractivity contribution >= 4 is 11.7 Å². The second-order valence-electron chi connectivity index (χ2n) is 5.10. The molecule has 0 saturated carbocycles. The number of rotatable bonds is 3. The predicted molar refractivity (Wildman–Crippen MR) is 91.8 cm³/mol. The molecule has 1 heterocycles. The molecule has 0 saturated heterocycles. The molecule has 1 aromatic rings. The smallest absolute Gasteiger partial charge is 0.268 e. The Hall–Kier alpha value is -2.42. The van der Waals surface area contributed by atoms with Crippen LogP contribution in [0.2, 0.25) is 0 Å². The van der Waals surface area contributed by atoms with E-state index in [-0.39, 0.29) is 6.03 Å². The lowest BCUT2D eigenvalue weighted by Gasteiger charge is -2.24. The van der Waals surface area contributed by atoms with Crippen LogP contribution >= 0.6 is 0 Å². The molecule has 1 aliphatic rings. The third-order valence-corrected chi connectivity index (χ3v) is 3.56. The van der Waals surface area contributed by atoms with Crippen molar-refractivity contribution in [3.63, 3.8) is 0 Å². The minimum Gasteiger partial charge on any atom is -0.268 e. The summed E-state index contributed by atoms with van der Waals surface area (Å²) in [6, 6.07) is 9.50. The summed E-state index contributed by atoms with van der Waals surface area (Å²) in [5.74, 6) is 0. The van der Waals surface area contributed by atoms with Crippen LogP contribution in [0.25, 0.3) is 0 Å². The van der Waals surface area contributed by atoms with Crippen LogP contribution in [0.1, 0.15) is 39.2 Å². The van der Waals surface area contributed by atoms with Crippen molar-refractivity contribution in [1.82, 2.24) is 4.90 Å². The number of nitrogens with zero attached hydrogens (tertiary/aromatic N) is 2. The van der Waals surface area contributed by atoms with Crippen LogP contribution in [-0.4, -0.2) is 16.6 Å². The molecule has 1 aromatic carbocycles. The average molecular weight is 294 g/mol. The standard InChI is InChI=1S/C19H22N2O/c1-4-10-18-16(5-2)13-9-14-21(18)19(22)20-15(3)17-11-7-6-8-12-17/h6-14H,4-5H2,1-3H3/b18-10+,20-15+. The Labute approximate surface area is 132 Å². The second kappa shape index (κ2) is 7.55. The molecule has 0 aromatic heterocycles. The maximum Gasteiger partial charge on any atom is 0.352 e. The van der Waals surface area contributed by atoms with E-state index in [2.05, 4.69) is 31.0 Å². The van der Waals surface area contributed by atoms with E-state index >= 15 is 0 Å². The Morgan fingerprint density at radius 3 is 2.59 bits per heavy atom. The average Bonchev–Trinajstić information content (AvgIpc) is 2.56. The van der Waals surface area contributed by atoms with Gasteiger partial charge in [-0.05, 0) is 37.0 Å². The highest BCUT2D eigenvalue weighted by atomic mass is 16.2. The molecule has 0 radical (unpaired) electrons. The predicted octanol–water partition coefficient (Wildman–Crippen LogP) is 5.08. The number of hydrogen-bond donors (Lipinski definition) is 0. The molecule has 1 aliphatic heterocycles. The summed E-state index contributed by atoms with van der Waals surface area (Å²) >= 11 is 0. The number of allylic oxidation sites excluding steroid dienone is 4. The lowest BCUT2D eigenvalue weighted by atomic mass is 10.1. The van der Waals surface area contributed by atoms with E-state index in [4.69, 9.17) is 0 Å². The maximum absolute atomic E-state index is 12.5. The summed E-state index contributed by atoms with van der Waals surface area (Å²) in [6.07, 6.45) is 9.58. The van der Waals surface area contributed by atoms with E-state index in [1.807, 2.05) is 43.3 Å². The molecule has 2 amide bonds. The van der Waals surface area contributed by atoms with Crippen LogP contribution < -0.4 is 0 Å². The summed E-state index contributed by atoms with van der Waals surface area (Å²) in [7, 11) is 0. The van der Waals surface area contributed by atoms with Gasteiger partial charge in [-0.1, -0.05) is 56.3 Å². The van der Waals surface area contributed by atoms with Gasteiger partial charge in [-0.3, -0.25) is 4.90 Å². The molecule has 0 unspecified atom stereocenters. The van der Waals surface area contributed by atoms with Crippen LogP contribution in [0.3, 0.4) is 0 Å². The number of aliphatic imine (C=N–C) groups is 1. The van der Waals surface area contributed by atoms with Crippen molar-refractivity contribution < 1.29 is 4.79 Å². The van der Waals surface area contributed by atoms with Crippen LogP contribution in [0.4, 0.5) is 4.79 Å². The molecular formula is C19H22N2O. The van der Waals surface area contributed by atoms with Crippen molar-refractivity contribution in [2.24, 2.45) is 4.99 Å². The van der Waals surface area contributed by atoms with Crippen LogP contribution in [0, 0.1) is 0 Å². The molecule has 0 spiro atoms. The highest BCUT2D eigenvalue weighted by Gasteiger charge is 2.19. The third-order valence-electron chi connectivity index (χ3n) is 3.56. The third kappa shape index (κ3) is 3.61. The number of carbonyl (C=O) groups is 1. The molecule has 0 atom stereocenters. The normalized spacial score (nSPS) is 16.9. The lowest BCUT2D eigenvalue weighted by Crippen LogP contribution is -2.25. The highest BCUT2D eigenvalue weighted by molar-refractivity contribution is 6.05. The van der Waals surface area contributed by atoms with Gasteiger partial charge in [0.2, 0.25) is 0 Å². The number of carbonyl (C=O) groups excluding carboxylic acids is 1. The number of urea groups is 1. The number of amides is 2. The minimum atomic E-state index is -0.253. The van der Waals surface area contributed by atoms with E-state index in [0.717, 1.165) is 35.4 Å². The summed E-state index contributed by atoms with van der Waals surface area (Å²) in [6.45, 7) is 6.02. The SMILES string of the molecule is CC/C=C1\C(CC)=CC=CN1C(=O)/N=C(\C)c1ccccc1. The quantitative estimate of drug-likeness (QED) is 0.716. The van der Waals surface area contributed by atoms with Crippen molar-refractivity contribution in [3.8, 4) is 0 Å². The molecule has 2 rings (SSSR count). The van der Waals surface area contributed by atoms with Crippen LogP contribution in [0.5, 0.6) is 0 Å². The fourth-order valence-electron chi connectivity index (χ4n) is 2.40. The van der Waals surface area contributed by atoms with E-state index in [9.17, 15) is 4.79 Å². The largest absolute Gasteiger partial charge is 0.352 e. The van der Waals surface area contributed by atoms with Crippen molar-refractivity contribution in [2.45, 2.75) is 33.6 Å². The molecule has 0 aliphatic carbocycles. The highest BCUT2D eigenvalue weighted by Crippen LogP contribution is 2.24. The second-order valence-corrected chi connectivity index (χ2v) is 5.10.